The molecule has 0 unspecified atom stereocenters. The molecule has 11 heavy (non-hydrogen) atoms. The first kappa shape index (κ1) is 8.27. The van der Waals surface area contributed by atoms with E-state index in [1.54, 1.807) is 22.9 Å². The SMILES string of the molecule is C=CCn1cc(Br)ccc1=O. The summed E-state index contributed by atoms with van der Waals surface area (Å²) in [6, 6.07) is 3.25. The molecule has 1 aromatic rings. The third kappa shape index (κ3) is 2.05. The van der Waals surface area contributed by atoms with E-state index in [1.807, 2.05) is 0 Å². The van der Waals surface area contributed by atoms with Crippen LogP contribution >= 0.6 is 15.9 Å². The van der Waals surface area contributed by atoms with Gasteiger partial charge in [0.05, 0.1) is 0 Å². The number of pyridine rings is 1. The molecule has 0 atom stereocenters. The van der Waals surface area contributed by atoms with Crippen LogP contribution < -0.4 is 5.56 Å². The Bertz CT molecular complexity index is 316. The van der Waals surface area contributed by atoms with Crippen LogP contribution in [0.4, 0.5) is 0 Å². The lowest BCUT2D eigenvalue weighted by Crippen LogP contribution is -2.16. The van der Waals surface area contributed by atoms with Crippen molar-refractivity contribution in [3.63, 3.8) is 0 Å². The van der Waals surface area contributed by atoms with Gasteiger partial charge in [0, 0.05) is 23.3 Å². The molecule has 0 amide bonds. The predicted molar refractivity (Wildman–Crippen MR) is 48.6 cm³/mol. The van der Waals surface area contributed by atoms with Crippen LogP contribution in [0.2, 0.25) is 0 Å². The first-order valence-corrected chi connectivity index (χ1v) is 4.00. The van der Waals surface area contributed by atoms with Gasteiger partial charge in [-0.05, 0) is 22.0 Å². The molecule has 0 saturated carbocycles. The van der Waals surface area contributed by atoms with E-state index in [1.165, 1.54) is 6.07 Å². The minimum atomic E-state index is -0.00639. The van der Waals surface area contributed by atoms with Crippen molar-refractivity contribution in [2.75, 3.05) is 0 Å². The van der Waals surface area contributed by atoms with E-state index in [-0.39, 0.29) is 5.56 Å². The van der Waals surface area contributed by atoms with E-state index in [0.717, 1.165) is 4.47 Å². The summed E-state index contributed by atoms with van der Waals surface area (Å²) < 4.78 is 2.48. The fourth-order valence-corrected chi connectivity index (χ4v) is 1.16. The highest BCUT2D eigenvalue weighted by atomic mass is 79.9. The van der Waals surface area contributed by atoms with Crippen molar-refractivity contribution in [3.8, 4) is 0 Å². The Balaban J connectivity index is 3.12. The largest absolute Gasteiger partial charge is 0.311 e. The van der Waals surface area contributed by atoms with Crippen molar-refractivity contribution in [3.05, 3.63) is 45.8 Å². The van der Waals surface area contributed by atoms with Crippen molar-refractivity contribution in [1.29, 1.82) is 0 Å². The van der Waals surface area contributed by atoms with E-state index < -0.39 is 0 Å². The number of aromatic nitrogens is 1. The Morgan fingerprint density at radius 2 is 2.36 bits per heavy atom. The average Bonchev–Trinajstić information content (AvgIpc) is 1.98. The summed E-state index contributed by atoms with van der Waals surface area (Å²) in [5, 5.41) is 0. The van der Waals surface area contributed by atoms with Gasteiger partial charge in [0.15, 0.2) is 0 Å². The molecule has 0 bridgehead atoms. The van der Waals surface area contributed by atoms with Crippen LogP contribution in [0.5, 0.6) is 0 Å². The molecule has 0 aromatic carbocycles. The second-order valence-corrected chi connectivity index (χ2v) is 3.04. The molecule has 1 heterocycles. The molecule has 1 rings (SSSR count). The molecule has 58 valence electrons. The molecule has 0 fully saturated rings. The van der Waals surface area contributed by atoms with E-state index in [9.17, 15) is 4.79 Å². The summed E-state index contributed by atoms with van der Waals surface area (Å²) >= 11 is 3.27. The maximum Gasteiger partial charge on any atom is 0.250 e. The average molecular weight is 214 g/mol. The molecule has 0 spiro atoms. The molecular weight excluding hydrogens is 206 g/mol. The van der Waals surface area contributed by atoms with Crippen LogP contribution in [0, 0.1) is 0 Å². The fourth-order valence-electron chi connectivity index (χ4n) is 0.784. The van der Waals surface area contributed by atoms with Crippen molar-refractivity contribution in [2.45, 2.75) is 6.54 Å². The lowest BCUT2D eigenvalue weighted by Gasteiger charge is -2.00. The summed E-state index contributed by atoms with van der Waals surface area (Å²) in [5.41, 5.74) is -0.00639. The molecule has 0 aliphatic rings. The molecule has 1 aromatic heterocycles. The summed E-state index contributed by atoms with van der Waals surface area (Å²) in [4.78, 5) is 11.1. The highest BCUT2D eigenvalue weighted by molar-refractivity contribution is 9.10. The zero-order chi connectivity index (χ0) is 8.27. The third-order valence-corrected chi connectivity index (χ3v) is 1.74. The molecule has 0 N–H and O–H groups in total. The summed E-state index contributed by atoms with van der Waals surface area (Å²) in [6.07, 6.45) is 3.43. The lowest BCUT2D eigenvalue weighted by atomic mass is 10.4. The number of rotatable bonds is 2. The maximum atomic E-state index is 11.1. The number of hydrogen-bond donors (Lipinski definition) is 0. The molecule has 0 radical (unpaired) electrons. The van der Waals surface area contributed by atoms with Crippen LogP contribution in [0.3, 0.4) is 0 Å². The maximum absolute atomic E-state index is 11.1. The second kappa shape index (κ2) is 3.53. The second-order valence-electron chi connectivity index (χ2n) is 2.13. The number of nitrogens with zero attached hydrogens (tertiary/aromatic N) is 1. The fraction of sp³-hybridized carbons (Fsp3) is 0.125. The number of allylic oxidation sites excluding steroid dienone is 1. The van der Waals surface area contributed by atoms with E-state index >= 15 is 0 Å². The van der Waals surface area contributed by atoms with Crippen molar-refractivity contribution in [2.24, 2.45) is 0 Å². The van der Waals surface area contributed by atoms with Gasteiger partial charge in [0.2, 0.25) is 0 Å². The molecule has 0 aliphatic heterocycles. The number of hydrogen-bond acceptors (Lipinski definition) is 1. The highest BCUT2D eigenvalue weighted by Crippen LogP contribution is 2.04. The van der Waals surface area contributed by atoms with E-state index in [4.69, 9.17) is 0 Å². The molecule has 0 aliphatic carbocycles. The Morgan fingerprint density at radius 1 is 1.64 bits per heavy atom. The molecule has 2 nitrogen and oxygen atoms in total. The highest BCUT2D eigenvalue weighted by Gasteiger charge is 1.92. The van der Waals surface area contributed by atoms with E-state index in [0.29, 0.717) is 6.54 Å². The molecule has 0 saturated heterocycles. The van der Waals surface area contributed by atoms with Gasteiger partial charge in [-0.2, -0.15) is 0 Å². The van der Waals surface area contributed by atoms with Crippen molar-refractivity contribution < 1.29 is 0 Å². The van der Waals surface area contributed by atoms with Gasteiger partial charge in [0.1, 0.15) is 0 Å². The quantitative estimate of drug-likeness (QED) is 0.688. The summed E-state index contributed by atoms with van der Waals surface area (Å²) in [6.45, 7) is 4.11. The normalized spacial score (nSPS) is 9.55. The van der Waals surface area contributed by atoms with Crippen LogP contribution in [-0.4, -0.2) is 4.57 Å². The third-order valence-electron chi connectivity index (χ3n) is 1.27. The van der Waals surface area contributed by atoms with Crippen LogP contribution in [0.1, 0.15) is 0 Å². The molecular formula is C8H8BrNO. The minimum Gasteiger partial charge on any atom is -0.311 e. The lowest BCUT2D eigenvalue weighted by molar-refractivity contribution is 0.777. The zero-order valence-corrected chi connectivity index (χ0v) is 7.54. The number of halogens is 1. The first-order valence-electron chi connectivity index (χ1n) is 3.21. The monoisotopic (exact) mass is 213 g/mol. The van der Waals surface area contributed by atoms with Gasteiger partial charge in [-0.15, -0.1) is 6.58 Å². The Labute approximate surface area is 73.3 Å². The van der Waals surface area contributed by atoms with Crippen molar-refractivity contribution in [1.82, 2.24) is 4.57 Å². The summed E-state index contributed by atoms with van der Waals surface area (Å²) in [7, 11) is 0. The van der Waals surface area contributed by atoms with Gasteiger partial charge in [0.25, 0.3) is 5.56 Å². The van der Waals surface area contributed by atoms with Gasteiger partial charge in [-0.3, -0.25) is 4.79 Å². The predicted octanol–water partition coefficient (Wildman–Crippen LogP) is 1.80. The van der Waals surface area contributed by atoms with Gasteiger partial charge < -0.3 is 4.57 Å². The smallest absolute Gasteiger partial charge is 0.250 e. The minimum absolute atomic E-state index is 0.00639. The van der Waals surface area contributed by atoms with Gasteiger partial charge in [-0.1, -0.05) is 6.08 Å². The Morgan fingerprint density at radius 3 is 3.00 bits per heavy atom. The van der Waals surface area contributed by atoms with Crippen LogP contribution in [0.15, 0.2) is 40.3 Å². The Kier molecular flexibility index (Phi) is 2.65. The first-order chi connectivity index (χ1) is 5.24. The van der Waals surface area contributed by atoms with Gasteiger partial charge >= 0.3 is 0 Å². The van der Waals surface area contributed by atoms with Gasteiger partial charge in [-0.25, -0.2) is 0 Å². The van der Waals surface area contributed by atoms with Crippen LogP contribution in [0.25, 0.3) is 0 Å². The Hall–Kier alpha value is -0.830. The topological polar surface area (TPSA) is 22.0 Å². The standard InChI is InChI=1S/C8H8BrNO/c1-2-5-10-6-7(9)3-4-8(10)11/h2-4,6H,1,5H2. The summed E-state index contributed by atoms with van der Waals surface area (Å²) in [5.74, 6) is 0. The van der Waals surface area contributed by atoms with Crippen LogP contribution in [-0.2, 0) is 6.54 Å². The zero-order valence-electron chi connectivity index (χ0n) is 5.96. The molecule has 3 heteroatoms. The van der Waals surface area contributed by atoms with Crippen molar-refractivity contribution >= 4 is 15.9 Å². The van der Waals surface area contributed by atoms with E-state index in [2.05, 4.69) is 22.5 Å².